The van der Waals surface area contributed by atoms with Gasteiger partial charge in [-0.05, 0) is 25.0 Å². The number of carbonyl (C=O) groups excluding carboxylic acids is 1. The fourth-order valence-corrected chi connectivity index (χ4v) is 2.93. The molecular formula is C16H21N5O. The summed E-state index contributed by atoms with van der Waals surface area (Å²) in [5, 5.41) is 4.23. The summed E-state index contributed by atoms with van der Waals surface area (Å²) < 4.78 is 1.78. The number of aromatic nitrogens is 3. The lowest BCUT2D eigenvalue weighted by molar-refractivity contribution is 0.0735. The molecule has 1 amide bonds. The molecule has 116 valence electrons. The average molecular weight is 299 g/mol. The van der Waals surface area contributed by atoms with Crippen LogP contribution in [-0.4, -0.2) is 46.2 Å². The van der Waals surface area contributed by atoms with Gasteiger partial charge in [0.15, 0.2) is 0 Å². The van der Waals surface area contributed by atoms with Gasteiger partial charge in [0.05, 0.1) is 12.2 Å². The maximum Gasteiger partial charge on any atom is 0.254 e. The largest absolute Gasteiger partial charge is 0.363 e. The molecule has 6 nitrogen and oxygen atoms in total. The van der Waals surface area contributed by atoms with Gasteiger partial charge in [-0.25, -0.2) is 4.98 Å². The number of anilines is 1. The van der Waals surface area contributed by atoms with Crippen LogP contribution in [-0.2, 0) is 7.05 Å². The lowest BCUT2D eigenvalue weighted by Gasteiger charge is -2.24. The van der Waals surface area contributed by atoms with E-state index in [0.717, 1.165) is 30.8 Å². The van der Waals surface area contributed by atoms with Gasteiger partial charge in [-0.1, -0.05) is 0 Å². The molecule has 0 aliphatic carbocycles. The second kappa shape index (κ2) is 5.79. The van der Waals surface area contributed by atoms with E-state index in [9.17, 15) is 4.79 Å². The predicted molar refractivity (Wildman–Crippen MR) is 84.8 cm³/mol. The molecule has 22 heavy (non-hydrogen) atoms. The molecule has 3 rings (SSSR count). The molecule has 1 fully saturated rings. The molecule has 0 radical (unpaired) electrons. The summed E-state index contributed by atoms with van der Waals surface area (Å²) in [6, 6.07) is 3.76. The zero-order valence-corrected chi connectivity index (χ0v) is 13.2. The standard InChI is InChI=1S/C16H21N5O/c1-19(2)15-9-12(6-7-17-15)16(22)21-8-4-5-14(21)13-10-18-20(3)11-13/h6-7,9-11,14H,4-5,8H2,1-3H3/t14-/m0/s1. The van der Waals surface area contributed by atoms with Gasteiger partial charge in [-0.2, -0.15) is 5.10 Å². The monoisotopic (exact) mass is 299 g/mol. The van der Waals surface area contributed by atoms with Crippen LogP contribution in [0, 0.1) is 0 Å². The van der Waals surface area contributed by atoms with Crippen molar-refractivity contribution in [3.05, 3.63) is 41.9 Å². The third kappa shape index (κ3) is 2.68. The molecule has 1 aliphatic rings. The van der Waals surface area contributed by atoms with Crippen LogP contribution < -0.4 is 4.90 Å². The van der Waals surface area contributed by atoms with E-state index >= 15 is 0 Å². The highest BCUT2D eigenvalue weighted by Crippen LogP contribution is 2.33. The first-order valence-corrected chi connectivity index (χ1v) is 7.49. The molecule has 3 heterocycles. The van der Waals surface area contributed by atoms with Crippen molar-refractivity contribution in [2.45, 2.75) is 18.9 Å². The molecule has 0 spiro atoms. The smallest absolute Gasteiger partial charge is 0.254 e. The minimum atomic E-state index is 0.0665. The number of rotatable bonds is 3. The van der Waals surface area contributed by atoms with Crippen molar-refractivity contribution < 1.29 is 4.79 Å². The Bertz CT molecular complexity index is 679. The van der Waals surface area contributed by atoms with Gasteiger partial charge in [0.2, 0.25) is 0 Å². The van der Waals surface area contributed by atoms with Gasteiger partial charge in [-0.15, -0.1) is 0 Å². The first kappa shape index (κ1) is 14.6. The van der Waals surface area contributed by atoms with Gasteiger partial charge in [0, 0.05) is 51.2 Å². The Morgan fingerprint density at radius 2 is 2.23 bits per heavy atom. The summed E-state index contributed by atoms with van der Waals surface area (Å²) in [7, 11) is 5.74. The summed E-state index contributed by atoms with van der Waals surface area (Å²) in [6.07, 6.45) is 7.56. The summed E-state index contributed by atoms with van der Waals surface area (Å²) in [6.45, 7) is 0.790. The van der Waals surface area contributed by atoms with E-state index in [0.29, 0.717) is 5.56 Å². The van der Waals surface area contributed by atoms with Crippen LogP contribution in [0.2, 0.25) is 0 Å². The average Bonchev–Trinajstić information content (AvgIpc) is 3.15. The molecule has 2 aromatic heterocycles. The maximum absolute atomic E-state index is 12.9. The highest BCUT2D eigenvalue weighted by atomic mass is 16.2. The molecule has 0 bridgehead atoms. The van der Waals surface area contributed by atoms with Gasteiger partial charge in [0.1, 0.15) is 5.82 Å². The Balaban J connectivity index is 1.86. The van der Waals surface area contributed by atoms with Gasteiger partial charge < -0.3 is 9.80 Å². The van der Waals surface area contributed by atoms with Gasteiger partial charge in [0.25, 0.3) is 5.91 Å². The number of likely N-dealkylation sites (tertiary alicyclic amines) is 1. The molecule has 6 heteroatoms. The molecular weight excluding hydrogens is 278 g/mol. The molecule has 2 aromatic rings. The van der Waals surface area contributed by atoms with E-state index in [-0.39, 0.29) is 11.9 Å². The second-order valence-corrected chi connectivity index (χ2v) is 5.90. The van der Waals surface area contributed by atoms with E-state index in [4.69, 9.17) is 0 Å². The van der Waals surface area contributed by atoms with Crippen LogP contribution in [0.3, 0.4) is 0 Å². The van der Waals surface area contributed by atoms with Gasteiger partial charge in [-0.3, -0.25) is 9.48 Å². The maximum atomic E-state index is 12.9. The summed E-state index contributed by atoms with van der Waals surface area (Å²) in [4.78, 5) is 21.0. The minimum Gasteiger partial charge on any atom is -0.363 e. The molecule has 0 N–H and O–H groups in total. The van der Waals surface area contributed by atoms with Crippen LogP contribution in [0.4, 0.5) is 5.82 Å². The van der Waals surface area contributed by atoms with E-state index in [2.05, 4.69) is 10.1 Å². The molecule has 1 aliphatic heterocycles. The fourth-order valence-electron chi connectivity index (χ4n) is 2.93. The summed E-state index contributed by atoms with van der Waals surface area (Å²) in [5.74, 6) is 0.861. The number of hydrogen-bond acceptors (Lipinski definition) is 4. The Morgan fingerprint density at radius 3 is 2.91 bits per heavy atom. The number of pyridine rings is 1. The van der Waals surface area contributed by atoms with Crippen LogP contribution in [0.1, 0.15) is 34.8 Å². The van der Waals surface area contributed by atoms with E-state index in [1.54, 1.807) is 16.9 Å². The van der Waals surface area contributed by atoms with Crippen LogP contribution in [0.5, 0.6) is 0 Å². The van der Waals surface area contributed by atoms with Crippen molar-refractivity contribution >= 4 is 11.7 Å². The number of amides is 1. The van der Waals surface area contributed by atoms with Crippen molar-refractivity contribution in [3.63, 3.8) is 0 Å². The topological polar surface area (TPSA) is 54.3 Å². The number of hydrogen-bond donors (Lipinski definition) is 0. The quantitative estimate of drug-likeness (QED) is 0.868. The SMILES string of the molecule is CN(C)c1cc(C(=O)N2CCC[C@H]2c2cnn(C)c2)ccn1. The molecule has 1 saturated heterocycles. The number of carbonyl (C=O) groups is 1. The fraction of sp³-hybridized carbons (Fsp3) is 0.438. The van der Waals surface area contributed by atoms with Crippen LogP contribution >= 0.6 is 0 Å². The van der Waals surface area contributed by atoms with Crippen molar-refractivity contribution in [1.82, 2.24) is 19.7 Å². The highest BCUT2D eigenvalue weighted by molar-refractivity contribution is 5.95. The second-order valence-electron chi connectivity index (χ2n) is 5.90. The van der Waals surface area contributed by atoms with E-state index in [1.165, 1.54) is 0 Å². The Labute approximate surface area is 130 Å². The lowest BCUT2D eigenvalue weighted by Crippen LogP contribution is -2.30. The summed E-state index contributed by atoms with van der Waals surface area (Å²) in [5.41, 5.74) is 1.80. The molecule has 0 aromatic carbocycles. The Hall–Kier alpha value is -2.37. The van der Waals surface area contributed by atoms with Crippen LogP contribution in [0.15, 0.2) is 30.7 Å². The normalized spacial score (nSPS) is 17.8. The van der Waals surface area contributed by atoms with Crippen molar-refractivity contribution in [2.24, 2.45) is 7.05 Å². The lowest BCUT2D eigenvalue weighted by atomic mass is 10.1. The van der Waals surface area contributed by atoms with E-state index < -0.39 is 0 Å². The third-order valence-electron chi connectivity index (χ3n) is 4.07. The first-order valence-electron chi connectivity index (χ1n) is 7.49. The third-order valence-corrected chi connectivity index (χ3v) is 4.07. The zero-order valence-electron chi connectivity index (χ0n) is 13.2. The van der Waals surface area contributed by atoms with Crippen LogP contribution in [0.25, 0.3) is 0 Å². The predicted octanol–water partition coefficient (Wildman–Crippen LogP) is 1.86. The van der Waals surface area contributed by atoms with Crippen molar-refractivity contribution in [2.75, 3.05) is 25.5 Å². The van der Waals surface area contributed by atoms with Crippen molar-refractivity contribution in [3.8, 4) is 0 Å². The van der Waals surface area contributed by atoms with E-state index in [1.807, 2.05) is 49.4 Å². The molecule has 1 atom stereocenters. The molecule has 0 unspecified atom stereocenters. The Kier molecular flexibility index (Phi) is 3.83. The Morgan fingerprint density at radius 1 is 1.41 bits per heavy atom. The highest BCUT2D eigenvalue weighted by Gasteiger charge is 2.31. The van der Waals surface area contributed by atoms with Gasteiger partial charge >= 0.3 is 0 Å². The summed E-state index contributed by atoms with van der Waals surface area (Å²) >= 11 is 0. The number of nitrogens with zero attached hydrogens (tertiary/aromatic N) is 5. The van der Waals surface area contributed by atoms with Crippen molar-refractivity contribution in [1.29, 1.82) is 0 Å². The molecule has 0 saturated carbocycles. The zero-order chi connectivity index (χ0) is 15.7. The first-order chi connectivity index (χ1) is 10.6. The minimum absolute atomic E-state index is 0.0665. The number of aryl methyl sites for hydroxylation is 1.